The molecule has 0 bridgehead atoms. The number of ether oxygens (including phenoxy) is 1. The predicted octanol–water partition coefficient (Wildman–Crippen LogP) is 3.17. The Morgan fingerprint density at radius 1 is 1.50 bits per heavy atom. The van der Waals surface area contributed by atoms with Crippen LogP contribution in [0.25, 0.3) is 0 Å². The quantitative estimate of drug-likeness (QED) is 0.831. The Morgan fingerprint density at radius 2 is 2.25 bits per heavy atom. The monoisotopic (exact) mass is 245 g/mol. The molecule has 0 saturated heterocycles. The zero-order valence-electron chi connectivity index (χ0n) is 9.59. The van der Waals surface area contributed by atoms with Crippen LogP contribution in [0.1, 0.15) is 24.9 Å². The van der Waals surface area contributed by atoms with Crippen molar-refractivity contribution in [2.75, 3.05) is 20.3 Å². The Hall–Kier alpha value is -0.640. The van der Waals surface area contributed by atoms with Gasteiger partial charge in [-0.1, -0.05) is 18.5 Å². The molecule has 90 valence electrons. The van der Waals surface area contributed by atoms with E-state index in [1.807, 2.05) is 0 Å². The second-order valence-corrected chi connectivity index (χ2v) is 4.06. The first-order valence-corrected chi connectivity index (χ1v) is 5.74. The molecule has 0 aliphatic heterocycles. The van der Waals surface area contributed by atoms with Gasteiger partial charge in [0.05, 0.1) is 12.6 Å². The van der Waals surface area contributed by atoms with Crippen molar-refractivity contribution in [1.29, 1.82) is 0 Å². The molecule has 1 N–H and O–H groups in total. The van der Waals surface area contributed by atoms with Crippen LogP contribution in [0.2, 0.25) is 5.02 Å². The lowest BCUT2D eigenvalue weighted by Crippen LogP contribution is -2.26. The molecule has 0 radical (unpaired) electrons. The molecular formula is C12H17ClFNO. The first-order chi connectivity index (χ1) is 7.69. The van der Waals surface area contributed by atoms with Crippen molar-refractivity contribution in [1.82, 2.24) is 5.32 Å². The standard InChI is InChI=1S/C12H17ClFNO/c1-3-6-15-12(8-16-2)10-7-9(13)4-5-11(10)14/h4-5,7,12,15H,3,6,8H2,1-2H3. The molecule has 1 atom stereocenters. The SMILES string of the molecule is CCCNC(COC)c1cc(Cl)ccc1F. The molecule has 0 heterocycles. The number of nitrogens with one attached hydrogen (secondary N) is 1. The van der Waals surface area contributed by atoms with E-state index in [1.54, 1.807) is 19.2 Å². The van der Waals surface area contributed by atoms with E-state index in [1.165, 1.54) is 6.07 Å². The van der Waals surface area contributed by atoms with E-state index in [-0.39, 0.29) is 11.9 Å². The second kappa shape index (κ2) is 6.84. The molecular weight excluding hydrogens is 229 g/mol. The van der Waals surface area contributed by atoms with Gasteiger partial charge in [0, 0.05) is 17.7 Å². The van der Waals surface area contributed by atoms with Crippen LogP contribution in [0.15, 0.2) is 18.2 Å². The average molecular weight is 246 g/mol. The van der Waals surface area contributed by atoms with Gasteiger partial charge in [0.25, 0.3) is 0 Å². The van der Waals surface area contributed by atoms with Gasteiger partial charge in [0.2, 0.25) is 0 Å². The van der Waals surface area contributed by atoms with Crippen molar-refractivity contribution in [3.63, 3.8) is 0 Å². The highest BCUT2D eigenvalue weighted by Crippen LogP contribution is 2.21. The molecule has 0 spiro atoms. The van der Waals surface area contributed by atoms with Crippen LogP contribution in [0.4, 0.5) is 4.39 Å². The minimum absolute atomic E-state index is 0.149. The van der Waals surface area contributed by atoms with E-state index in [4.69, 9.17) is 16.3 Å². The molecule has 2 nitrogen and oxygen atoms in total. The summed E-state index contributed by atoms with van der Waals surface area (Å²) in [7, 11) is 1.60. The summed E-state index contributed by atoms with van der Waals surface area (Å²) in [5.74, 6) is -0.255. The summed E-state index contributed by atoms with van der Waals surface area (Å²) >= 11 is 5.86. The van der Waals surface area contributed by atoms with Crippen molar-refractivity contribution in [2.24, 2.45) is 0 Å². The van der Waals surface area contributed by atoms with Crippen molar-refractivity contribution in [3.8, 4) is 0 Å². The van der Waals surface area contributed by atoms with Gasteiger partial charge in [-0.25, -0.2) is 4.39 Å². The topological polar surface area (TPSA) is 21.3 Å². The highest BCUT2D eigenvalue weighted by atomic mass is 35.5. The lowest BCUT2D eigenvalue weighted by atomic mass is 10.1. The van der Waals surface area contributed by atoms with E-state index in [9.17, 15) is 4.39 Å². The first kappa shape index (κ1) is 13.4. The lowest BCUT2D eigenvalue weighted by molar-refractivity contribution is 0.165. The third kappa shape index (κ3) is 3.74. The minimum Gasteiger partial charge on any atom is -0.383 e. The van der Waals surface area contributed by atoms with Crippen molar-refractivity contribution in [2.45, 2.75) is 19.4 Å². The highest BCUT2D eigenvalue weighted by molar-refractivity contribution is 6.30. The van der Waals surface area contributed by atoms with Crippen LogP contribution < -0.4 is 5.32 Å². The molecule has 1 unspecified atom stereocenters. The van der Waals surface area contributed by atoms with Gasteiger partial charge in [-0.2, -0.15) is 0 Å². The fraction of sp³-hybridized carbons (Fsp3) is 0.500. The molecule has 0 amide bonds. The number of hydrogen-bond acceptors (Lipinski definition) is 2. The molecule has 1 aromatic rings. The predicted molar refractivity (Wildman–Crippen MR) is 64.3 cm³/mol. The van der Waals surface area contributed by atoms with Crippen molar-refractivity contribution >= 4 is 11.6 Å². The van der Waals surface area contributed by atoms with E-state index in [2.05, 4.69) is 12.2 Å². The van der Waals surface area contributed by atoms with E-state index in [0.717, 1.165) is 13.0 Å². The van der Waals surface area contributed by atoms with Crippen LogP contribution in [0.3, 0.4) is 0 Å². The van der Waals surface area contributed by atoms with Crippen LogP contribution in [-0.4, -0.2) is 20.3 Å². The zero-order chi connectivity index (χ0) is 12.0. The number of benzene rings is 1. The first-order valence-electron chi connectivity index (χ1n) is 5.36. The Kier molecular flexibility index (Phi) is 5.74. The van der Waals surface area contributed by atoms with Gasteiger partial charge in [-0.05, 0) is 31.2 Å². The summed E-state index contributed by atoms with van der Waals surface area (Å²) in [6, 6.07) is 4.42. The van der Waals surface area contributed by atoms with Gasteiger partial charge in [0.1, 0.15) is 5.82 Å². The van der Waals surface area contributed by atoms with E-state index < -0.39 is 0 Å². The summed E-state index contributed by atoms with van der Waals surface area (Å²) in [5, 5.41) is 3.77. The maximum absolute atomic E-state index is 13.6. The molecule has 1 aromatic carbocycles. The Bertz CT molecular complexity index is 333. The Balaban J connectivity index is 2.85. The van der Waals surface area contributed by atoms with Gasteiger partial charge in [-0.3, -0.25) is 0 Å². The van der Waals surface area contributed by atoms with E-state index >= 15 is 0 Å². The molecule has 0 saturated carbocycles. The van der Waals surface area contributed by atoms with Crippen molar-refractivity contribution < 1.29 is 9.13 Å². The van der Waals surface area contributed by atoms with Crippen molar-refractivity contribution in [3.05, 3.63) is 34.6 Å². The fourth-order valence-electron chi connectivity index (χ4n) is 1.53. The molecule has 4 heteroatoms. The van der Waals surface area contributed by atoms with Gasteiger partial charge in [-0.15, -0.1) is 0 Å². The molecule has 16 heavy (non-hydrogen) atoms. The van der Waals surface area contributed by atoms with E-state index in [0.29, 0.717) is 17.2 Å². The molecule has 0 aliphatic rings. The van der Waals surface area contributed by atoms with Crippen LogP contribution in [-0.2, 0) is 4.74 Å². The number of halogens is 2. The highest BCUT2D eigenvalue weighted by Gasteiger charge is 2.15. The summed E-state index contributed by atoms with van der Waals surface area (Å²) in [6.07, 6.45) is 0.988. The fourth-order valence-corrected chi connectivity index (χ4v) is 1.71. The summed E-state index contributed by atoms with van der Waals surface area (Å²) < 4.78 is 18.7. The van der Waals surface area contributed by atoms with Gasteiger partial charge in [0.15, 0.2) is 0 Å². The van der Waals surface area contributed by atoms with Crippen LogP contribution in [0.5, 0.6) is 0 Å². The van der Waals surface area contributed by atoms with Gasteiger partial charge < -0.3 is 10.1 Å². The van der Waals surface area contributed by atoms with Crippen LogP contribution >= 0.6 is 11.6 Å². The summed E-state index contributed by atoms with van der Waals surface area (Å²) in [4.78, 5) is 0. The normalized spacial score (nSPS) is 12.8. The Morgan fingerprint density at radius 3 is 2.88 bits per heavy atom. The smallest absolute Gasteiger partial charge is 0.128 e. The lowest BCUT2D eigenvalue weighted by Gasteiger charge is -2.18. The molecule has 0 aliphatic carbocycles. The maximum atomic E-state index is 13.6. The second-order valence-electron chi connectivity index (χ2n) is 3.63. The average Bonchev–Trinajstić information content (AvgIpc) is 2.28. The molecule has 1 rings (SSSR count). The largest absolute Gasteiger partial charge is 0.383 e. The molecule has 0 aromatic heterocycles. The minimum atomic E-state index is -0.255. The summed E-state index contributed by atoms with van der Waals surface area (Å²) in [6.45, 7) is 3.31. The van der Waals surface area contributed by atoms with Gasteiger partial charge >= 0.3 is 0 Å². The summed E-state index contributed by atoms with van der Waals surface area (Å²) in [5.41, 5.74) is 0.558. The zero-order valence-corrected chi connectivity index (χ0v) is 10.4. The molecule has 0 fully saturated rings. The maximum Gasteiger partial charge on any atom is 0.128 e. The third-order valence-corrected chi connectivity index (χ3v) is 2.54. The number of methoxy groups -OCH3 is 1. The number of hydrogen-bond donors (Lipinski definition) is 1. The Labute approximate surface area is 101 Å². The number of rotatable bonds is 6. The van der Waals surface area contributed by atoms with Crippen LogP contribution in [0, 0.1) is 5.82 Å². The third-order valence-electron chi connectivity index (χ3n) is 2.31.